The first-order valence-electron chi connectivity index (χ1n) is 17.7. The lowest BCUT2D eigenvalue weighted by atomic mass is 9.99. The van der Waals surface area contributed by atoms with Crippen LogP contribution in [0.15, 0.2) is 30.3 Å². The highest BCUT2D eigenvalue weighted by Crippen LogP contribution is 2.58. The van der Waals surface area contributed by atoms with Gasteiger partial charge in [0.25, 0.3) is 0 Å². The van der Waals surface area contributed by atoms with E-state index in [1.54, 1.807) is 16.7 Å². The van der Waals surface area contributed by atoms with Crippen LogP contribution in [0.4, 0.5) is 4.79 Å². The summed E-state index contributed by atoms with van der Waals surface area (Å²) in [7, 11) is -1.12. The Morgan fingerprint density at radius 3 is 2.18 bits per heavy atom. The van der Waals surface area contributed by atoms with Gasteiger partial charge >= 0.3 is 12.1 Å². The molecule has 2 N–H and O–H groups in total. The lowest BCUT2D eigenvalue weighted by Gasteiger charge is -2.42. The largest absolute Gasteiger partial charge is 0.467 e. The number of nitrogens with one attached hydrogen (secondary N) is 2. The molecule has 0 spiro atoms. The van der Waals surface area contributed by atoms with Gasteiger partial charge in [0.05, 0.1) is 30.0 Å². The van der Waals surface area contributed by atoms with Crippen molar-refractivity contribution in [3.05, 3.63) is 35.9 Å². The molecule has 13 heteroatoms. The second kappa shape index (κ2) is 16.6. The van der Waals surface area contributed by atoms with Crippen molar-refractivity contribution < 1.29 is 33.1 Å². The monoisotopic (exact) mass is 751 g/mol. The molecule has 0 radical (unpaired) electrons. The Kier molecular flexibility index (Phi) is 14.0. The second-order valence-electron chi connectivity index (χ2n) is 16.4. The van der Waals surface area contributed by atoms with Crippen molar-refractivity contribution in [1.29, 1.82) is 0 Å². The summed E-state index contributed by atoms with van der Waals surface area (Å²) in [5, 5.41) is 6.17. The molecule has 1 aliphatic carbocycles. The van der Waals surface area contributed by atoms with Gasteiger partial charge in [0.15, 0.2) is 8.32 Å². The number of thioether (sulfide) groups is 2. The normalized spacial score (nSPS) is 23.7. The SMILES string of the molecule is CC[C@H](NC(=O)[C@@H]1CSC(C)(C)N1C(=O)OC(C)(C)C)[C@@H](O[Si](C)(C)C(C)(C)C)[C@@H]1[C@H](C(=O)N[C@@H](CCSC)C(=O)OC)[C@H]1c1ccccc1. The molecular formula is C37H61N3O7S2Si. The molecule has 282 valence electrons. The number of hydrogen-bond donors (Lipinski definition) is 2. The molecule has 1 aliphatic heterocycles. The molecule has 3 rings (SSSR count). The van der Waals surface area contributed by atoms with Crippen LogP contribution in [0, 0.1) is 11.8 Å². The molecule has 1 saturated carbocycles. The van der Waals surface area contributed by atoms with Crippen LogP contribution in [0.2, 0.25) is 18.1 Å². The maximum atomic E-state index is 14.3. The highest BCUT2D eigenvalue weighted by Gasteiger charge is 2.62. The lowest BCUT2D eigenvalue weighted by Crippen LogP contribution is -2.58. The van der Waals surface area contributed by atoms with Gasteiger partial charge in [-0.25, -0.2) is 9.59 Å². The van der Waals surface area contributed by atoms with Crippen molar-refractivity contribution in [3.63, 3.8) is 0 Å². The number of carbonyl (C=O) groups excluding carboxylic acids is 4. The fraction of sp³-hybridized carbons (Fsp3) is 0.730. The average molecular weight is 752 g/mol. The third kappa shape index (κ3) is 10.2. The minimum Gasteiger partial charge on any atom is -0.467 e. The van der Waals surface area contributed by atoms with Crippen LogP contribution in [0.5, 0.6) is 0 Å². The topological polar surface area (TPSA) is 123 Å². The Labute approximate surface area is 309 Å². The highest BCUT2D eigenvalue weighted by atomic mass is 32.2. The molecule has 2 aliphatic rings. The summed E-state index contributed by atoms with van der Waals surface area (Å²) >= 11 is 3.14. The van der Waals surface area contributed by atoms with Gasteiger partial charge in [-0.1, -0.05) is 58.0 Å². The molecule has 1 aromatic carbocycles. The summed E-state index contributed by atoms with van der Waals surface area (Å²) < 4.78 is 18.0. The number of hydrogen-bond acceptors (Lipinski definition) is 9. The van der Waals surface area contributed by atoms with Gasteiger partial charge in [-0.05, 0) is 83.2 Å². The Balaban J connectivity index is 2.03. The summed E-state index contributed by atoms with van der Waals surface area (Å²) in [6, 6.07) is 7.96. The maximum absolute atomic E-state index is 14.3. The van der Waals surface area contributed by atoms with E-state index in [2.05, 4.69) is 44.5 Å². The highest BCUT2D eigenvalue weighted by molar-refractivity contribution is 8.00. The van der Waals surface area contributed by atoms with E-state index in [0.717, 1.165) is 5.56 Å². The van der Waals surface area contributed by atoms with Gasteiger partial charge in [0, 0.05) is 17.6 Å². The van der Waals surface area contributed by atoms with Crippen molar-refractivity contribution in [1.82, 2.24) is 15.5 Å². The minimum absolute atomic E-state index is 0.143. The molecule has 1 heterocycles. The van der Waals surface area contributed by atoms with E-state index in [4.69, 9.17) is 13.9 Å². The summed E-state index contributed by atoms with van der Waals surface area (Å²) in [5.74, 6) is -0.801. The van der Waals surface area contributed by atoms with Crippen LogP contribution in [0.25, 0.3) is 0 Å². The maximum Gasteiger partial charge on any atom is 0.412 e. The van der Waals surface area contributed by atoms with Crippen molar-refractivity contribution in [2.45, 2.75) is 134 Å². The van der Waals surface area contributed by atoms with E-state index in [-0.39, 0.29) is 28.7 Å². The van der Waals surface area contributed by atoms with Crippen molar-refractivity contribution in [2.24, 2.45) is 11.8 Å². The van der Waals surface area contributed by atoms with E-state index in [9.17, 15) is 19.2 Å². The average Bonchev–Trinajstić information content (AvgIpc) is 3.67. The molecule has 3 amide bonds. The number of carbonyl (C=O) groups is 4. The lowest BCUT2D eigenvalue weighted by molar-refractivity contribution is -0.145. The predicted octanol–water partition coefficient (Wildman–Crippen LogP) is 6.80. The van der Waals surface area contributed by atoms with Crippen LogP contribution in [-0.2, 0) is 28.3 Å². The number of esters is 1. The quantitative estimate of drug-likeness (QED) is 0.156. The van der Waals surface area contributed by atoms with E-state index >= 15 is 0 Å². The zero-order valence-electron chi connectivity index (χ0n) is 32.4. The predicted molar refractivity (Wildman–Crippen MR) is 206 cm³/mol. The Bertz CT molecular complexity index is 1350. The Morgan fingerprint density at radius 1 is 1.04 bits per heavy atom. The zero-order valence-corrected chi connectivity index (χ0v) is 35.0. The summed E-state index contributed by atoms with van der Waals surface area (Å²) in [6.07, 6.45) is 1.92. The van der Waals surface area contributed by atoms with Gasteiger partial charge in [0.2, 0.25) is 11.8 Å². The van der Waals surface area contributed by atoms with Crippen LogP contribution in [0.3, 0.4) is 0 Å². The third-order valence-electron chi connectivity index (χ3n) is 10.1. The molecule has 1 saturated heterocycles. The molecule has 0 unspecified atom stereocenters. The van der Waals surface area contributed by atoms with E-state index < -0.39 is 61.0 Å². The fourth-order valence-electron chi connectivity index (χ4n) is 6.38. The van der Waals surface area contributed by atoms with Crippen molar-refractivity contribution >= 4 is 55.7 Å². The first kappa shape index (κ1) is 42.2. The van der Waals surface area contributed by atoms with Gasteiger partial charge < -0.3 is 24.5 Å². The van der Waals surface area contributed by atoms with Gasteiger partial charge in [0.1, 0.15) is 17.7 Å². The smallest absolute Gasteiger partial charge is 0.412 e. The van der Waals surface area contributed by atoms with E-state index in [1.807, 2.05) is 78.1 Å². The zero-order chi connectivity index (χ0) is 37.8. The van der Waals surface area contributed by atoms with E-state index in [1.165, 1.54) is 18.9 Å². The molecule has 7 atom stereocenters. The standard InChI is InChI=1S/C37H61N3O7S2Si/c1-14-24(38-31(41)26-22-49-37(8,9)40(26)34(44)46-35(2,3)4)30(47-50(12,13)36(5,6)7)28-27(23-18-16-15-17-19-23)29(28)32(42)39-25(20-21-48-11)33(43)45-10/h15-19,24-30H,14,20-22H2,1-13H3,(H,38,41)(H,39,42)/t24-,25-,26-,27-,28-,29+,30+/m0/s1. The number of ether oxygens (including phenoxy) is 2. The first-order chi connectivity index (χ1) is 23.1. The van der Waals surface area contributed by atoms with Gasteiger partial charge in [-0.3, -0.25) is 14.5 Å². The summed E-state index contributed by atoms with van der Waals surface area (Å²) in [5.41, 5.74) is 0.289. The molecular weight excluding hydrogens is 691 g/mol. The summed E-state index contributed by atoms with van der Waals surface area (Å²) in [6.45, 7) is 22.2. The molecule has 50 heavy (non-hydrogen) atoms. The van der Waals surface area contributed by atoms with Gasteiger partial charge in [-0.15, -0.1) is 11.8 Å². The molecule has 10 nitrogen and oxygen atoms in total. The van der Waals surface area contributed by atoms with Gasteiger partial charge in [-0.2, -0.15) is 11.8 Å². The van der Waals surface area contributed by atoms with Crippen molar-refractivity contribution in [2.75, 3.05) is 24.9 Å². The molecule has 0 aromatic heterocycles. The van der Waals surface area contributed by atoms with Crippen LogP contribution >= 0.6 is 23.5 Å². The molecule has 0 bridgehead atoms. The Morgan fingerprint density at radius 2 is 1.66 bits per heavy atom. The molecule has 1 aromatic rings. The number of methoxy groups -OCH3 is 1. The summed E-state index contributed by atoms with van der Waals surface area (Å²) in [4.78, 5) is 55.5. The number of amides is 3. The van der Waals surface area contributed by atoms with E-state index in [0.29, 0.717) is 24.3 Å². The number of benzene rings is 1. The Hall–Kier alpha value is -2.22. The third-order valence-corrected chi connectivity index (χ3v) is 16.6. The minimum atomic E-state index is -2.45. The van der Waals surface area contributed by atoms with Crippen LogP contribution in [0.1, 0.15) is 86.6 Å². The first-order valence-corrected chi connectivity index (χ1v) is 23.0. The molecule has 2 fully saturated rings. The van der Waals surface area contributed by atoms with Crippen LogP contribution < -0.4 is 10.6 Å². The number of rotatable bonds is 14. The fourth-order valence-corrected chi connectivity index (χ4v) is 9.41. The number of nitrogens with zero attached hydrogens (tertiary/aromatic N) is 1. The van der Waals surface area contributed by atoms with Crippen molar-refractivity contribution in [3.8, 4) is 0 Å². The second-order valence-corrected chi connectivity index (χ2v) is 23.8. The van der Waals surface area contributed by atoms with Crippen LogP contribution in [-0.4, -0.2) is 96.7 Å².